The van der Waals surface area contributed by atoms with E-state index in [0.717, 1.165) is 5.56 Å². The highest BCUT2D eigenvalue weighted by Crippen LogP contribution is 2.22. The van der Waals surface area contributed by atoms with Gasteiger partial charge in [0.15, 0.2) is 5.78 Å². The van der Waals surface area contributed by atoms with Crippen molar-refractivity contribution in [2.45, 2.75) is 19.9 Å². The molecule has 0 unspecified atom stereocenters. The Morgan fingerprint density at radius 3 is 2.70 bits per heavy atom. The summed E-state index contributed by atoms with van der Waals surface area (Å²) in [7, 11) is 0. The Hall–Kier alpha value is -1.58. The number of carbonyl (C=O) groups is 1. The van der Waals surface area contributed by atoms with Crippen LogP contribution < -0.4 is 0 Å². The molecule has 5 heteroatoms. The maximum absolute atomic E-state index is 12.0. The van der Waals surface area contributed by atoms with Crippen molar-refractivity contribution >= 4 is 35.1 Å². The maximum Gasteiger partial charge on any atom is 0.189 e. The van der Waals surface area contributed by atoms with E-state index in [2.05, 4.69) is 5.10 Å². The quantitative estimate of drug-likeness (QED) is 0.608. The van der Waals surface area contributed by atoms with Gasteiger partial charge in [-0.25, -0.2) is 0 Å². The first-order valence-corrected chi connectivity index (χ1v) is 6.94. The molecule has 0 saturated heterocycles. The summed E-state index contributed by atoms with van der Waals surface area (Å²) in [6.45, 7) is 4.01. The average Bonchev–Trinajstić information content (AvgIpc) is 2.87. The predicted octanol–water partition coefficient (Wildman–Crippen LogP) is 4.67. The SMILES string of the molecule is CC(C)n1cc(C(=O)/C=C/c2ccc(Cl)cc2Cl)cn1. The van der Waals surface area contributed by atoms with Crippen molar-refractivity contribution in [3.8, 4) is 0 Å². The molecule has 0 fully saturated rings. The van der Waals surface area contributed by atoms with E-state index in [9.17, 15) is 4.79 Å². The topological polar surface area (TPSA) is 34.9 Å². The largest absolute Gasteiger partial charge is 0.289 e. The molecule has 1 aromatic carbocycles. The molecule has 20 heavy (non-hydrogen) atoms. The van der Waals surface area contributed by atoms with Gasteiger partial charge in [-0.15, -0.1) is 0 Å². The molecule has 0 N–H and O–H groups in total. The zero-order valence-corrected chi connectivity index (χ0v) is 12.7. The first-order chi connectivity index (χ1) is 9.47. The molecule has 2 rings (SSSR count). The van der Waals surface area contributed by atoms with Crippen LogP contribution in [0.2, 0.25) is 10.0 Å². The van der Waals surface area contributed by atoms with Gasteiger partial charge in [-0.3, -0.25) is 9.48 Å². The summed E-state index contributed by atoms with van der Waals surface area (Å²) < 4.78 is 1.75. The standard InChI is InChI=1S/C15H14Cl2N2O/c1-10(2)19-9-12(8-18-19)15(20)6-4-11-3-5-13(16)7-14(11)17/h3-10H,1-2H3/b6-4+. The average molecular weight is 309 g/mol. The fourth-order valence-corrected chi connectivity index (χ4v) is 2.12. The summed E-state index contributed by atoms with van der Waals surface area (Å²) in [5.74, 6) is -0.108. The molecule has 0 aliphatic heterocycles. The van der Waals surface area contributed by atoms with Gasteiger partial charge in [-0.05, 0) is 43.7 Å². The third-order valence-electron chi connectivity index (χ3n) is 2.79. The Bertz CT molecular complexity index is 660. The molecule has 2 aromatic rings. The second-order valence-corrected chi connectivity index (χ2v) is 5.51. The smallest absolute Gasteiger partial charge is 0.189 e. The zero-order chi connectivity index (χ0) is 14.7. The summed E-state index contributed by atoms with van der Waals surface area (Å²) in [5.41, 5.74) is 1.31. The molecular formula is C15H14Cl2N2O. The van der Waals surface area contributed by atoms with Crippen molar-refractivity contribution in [1.82, 2.24) is 9.78 Å². The van der Waals surface area contributed by atoms with Crippen LogP contribution in [0, 0.1) is 0 Å². The van der Waals surface area contributed by atoms with Crippen molar-refractivity contribution in [3.63, 3.8) is 0 Å². The lowest BCUT2D eigenvalue weighted by Gasteiger charge is -2.02. The van der Waals surface area contributed by atoms with Crippen LogP contribution in [0.1, 0.15) is 35.8 Å². The van der Waals surface area contributed by atoms with E-state index in [1.165, 1.54) is 6.08 Å². The van der Waals surface area contributed by atoms with Crippen LogP contribution >= 0.6 is 23.2 Å². The first-order valence-electron chi connectivity index (χ1n) is 6.19. The summed E-state index contributed by atoms with van der Waals surface area (Å²) >= 11 is 11.9. The van der Waals surface area contributed by atoms with E-state index in [1.807, 2.05) is 13.8 Å². The number of carbonyl (C=O) groups excluding carboxylic acids is 1. The number of hydrogen-bond acceptors (Lipinski definition) is 2. The molecule has 104 valence electrons. The van der Waals surface area contributed by atoms with Crippen molar-refractivity contribution in [1.29, 1.82) is 0 Å². The maximum atomic E-state index is 12.0. The summed E-state index contributed by atoms with van der Waals surface area (Å²) in [6.07, 6.45) is 6.46. The van der Waals surface area contributed by atoms with E-state index in [4.69, 9.17) is 23.2 Å². The molecule has 0 radical (unpaired) electrons. The third kappa shape index (κ3) is 3.50. The van der Waals surface area contributed by atoms with Crippen molar-refractivity contribution in [2.24, 2.45) is 0 Å². The van der Waals surface area contributed by atoms with E-state index in [0.29, 0.717) is 15.6 Å². The van der Waals surface area contributed by atoms with Gasteiger partial charge in [0.25, 0.3) is 0 Å². The molecule has 0 aliphatic rings. The van der Waals surface area contributed by atoms with Crippen molar-refractivity contribution in [3.05, 3.63) is 57.8 Å². The van der Waals surface area contributed by atoms with Gasteiger partial charge in [0, 0.05) is 22.3 Å². The Balaban J connectivity index is 2.15. The van der Waals surface area contributed by atoms with Crippen LogP contribution in [0.5, 0.6) is 0 Å². The normalized spacial score (nSPS) is 11.4. The highest BCUT2D eigenvalue weighted by molar-refractivity contribution is 6.35. The van der Waals surface area contributed by atoms with E-state index < -0.39 is 0 Å². The number of benzene rings is 1. The number of rotatable bonds is 4. The lowest BCUT2D eigenvalue weighted by molar-refractivity contribution is 0.104. The van der Waals surface area contributed by atoms with Crippen LogP contribution in [-0.4, -0.2) is 15.6 Å². The first kappa shape index (κ1) is 14.8. The summed E-state index contributed by atoms with van der Waals surface area (Å²) in [4.78, 5) is 12.0. The van der Waals surface area contributed by atoms with Gasteiger partial charge in [0.1, 0.15) is 0 Å². The molecule has 0 amide bonds. The molecular weight excluding hydrogens is 295 g/mol. The van der Waals surface area contributed by atoms with Gasteiger partial charge < -0.3 is 0 Å². The fraction of sp³-hybridized carbons (Fsp3) is 0.200. The minimum Gasteiger partial charge on any atom is -0.289 e. The van der Waals surface area contributed by atoms with Gasteiger partial charge in [-0.1, -0.05) is 29.3 Å². The number of allylic oxidation sites excluding steroid dienone is 1. The Morgan fingerprint density at radius 2 is 2.10 bits per heavy atom. The Morgan fingerprint density at radius 1 is 1.35 bits per heavy atom. The minimum absolute atomic E-state index is 0.108. The molecule has 0 aliphatic carbocycles. The molecule has 0 spiro atoms. The van der Waals surface area contributed by atoms with Crippen molar-refractivity contribution < 1.29 is 4.79 Å². The van der Waals surface area contributed by atoms with Gasteiger partial charge in [0.05, 0.1) is 11.8 Å². The second kappa shape index (κ2) is 6.25. The lowest BCUT2D eigenvalue weighted by atomic mass is 10.1. The van der Waals surface area contributed by atoms with Crippen LogP contribution in [0.4, 0.5) is 0 Å². The minimum atomic E-state index is -0.108. The van der Waals surface area contributed by atoms with Crippen molar-refractivity contribution in [2.75, 3.05) is 0 Å². The van der Waals surface area contributed by atoms with E-state index in [-0.39, 0.29) is 11.8 Å². The highest BCUT2D eigenvalue weighted by Gasteiger charge is 2.07. The fourth-order valence-electron chi connectivity index (χ4n) is 1.65. The second-order valence-electron chi connectivity index (χ2n) is 4.67. The molecule has 0 atom stereocenters. The molecule has 0 bridgehead atoms. The number of hydrogen-bond donors (Lipinski definition) is 0. The number of ketones is 1. The predicted molar refractivity (Wildman–Crippen MR) is 82.4 cm³/mol. The van der Waals surface area contributed by atoms with Crippen LogP contribution in [-0.2, 0) is 0 Å². The monoisotopic (exact) mass is 308 g/mol. The summed E-state index contributed by atoms with van der Waals surface area (Å²) in [6, 6.07) is 5.37. The lowest BCUT2D eigenvalue weighted by Crippen LogP contribution is -2.00. The number of nitrogens with zero attached hydrogens (tertiary/aromatic N) is 2. The molecule has 1 aromatic heterocycles. The highest BCUT2D eigenvalue weighted by atomic mass is 35.5. The van der Waals surface area contributed by atoms with Crippen LogP contribution in [0.3, 0.4) is 0 Å². The third-order valence-corrected chi connectivity index (χ3v) is 3.35. The van der Waals surface area contributed by atoms with Gasteiger partial charge in [0.2, 0.25) is 0 Å². The van der Waals surface area contributed by atoms with E-state index >= 15 is 0 Å². The van der Waals surface area contributed by atoms with Gasteiger partial charge >= 0.3 is 0 Å². The summed E-state index contributed by atoms with van der Waals surface area (Å²) in [5, 5.41) is 5.22. The zero-order valence-electron chi connectivity index (χ0n) is 11.2. The number of halogens is 2. The number of aromatic nitrogens is 2. The van der Waals surface area contributed by atoms with E-state index in [1.54, 1.807) is 41.4 Å². The molecule has 3 nitrogen and oxygen atoms in total. The van der Waals surface area contributed by atoms with Gasteiger partial charge in [-0.2, -0.15) is 5.10 Å². The Kier molecular flexibility index (Phi) is 4.63. The van der Waals surface area contributed by atoms with Crippen LogP contribution in [0.15, 0.2) is 36.7 Å². The van der Waals surface area contributed by atoms with Crippen LogP contribution in [0.25, 0.3) is 6.08 Å². The Labute approximate surface area is 127 Å². The molecule has 0 saturated carbocycles. The molecule has 1 heterocycles.